The van der Waals surface area contributed by atoms with Crippen LogP contribution in [0.15, 0.2) is 24.8 Å². The number of aliphatic carboxylic acids is 1. The number of allylic oxidation sites excluding steroid dienone is 1. The summed E-state index contributed by atoms with van der Waals surface area (Å²) in [5, 5.41) is 9.02. The van der Waals surface area contributed by atoms with Crippen LogP contribution < -0.4 is 9.47 Å². The fourth-order valence-corrected chi connectivity index (χ4v) is 3.16. The lowest BCUT2D eigenvalue weighted by Gasteiger charge is -2.24. The van der Waals surface area contributed by atoms with Gasteiger partial charge in [-0.3, -0.25) is 9.59 Å². The summed E-state index contributed by atoms with van der Waals surface area (Å²) in [6.45, 7) is 4.30. The van der Waals surface area contributed by atoms with Crippen LogP contribution in [0.1, 0.15) is 35.2 Å². The summed E-state index contributed by atoms with van der Waals surface area (Å²) in [5.41, 5.74) is 1.28. The number of carbonyl (C=O) groups is 2. The van der Waals surface area contributed by atoms with Crippen LogP contribution in [0.5, 0.6) is 11.5 Å². The predicted molar refractivity (Wildman–Crippen MR) is 89.8 cm³/mol. The third-order valence-electron chi connectivity index (χ3n) is 4.22. The van der Waals surface area contributed by atoms with Crippen molar-refractivity contribution in [1.29, 1.82) is 0 Å². The molecule has 0 spiro atoms. The molecule has 1 aromatic carbocycles. The molecule has 130 valence electrons. The minimum absolute atomic E-state index is 0.0292. The number of hydrogen-bond donors (Lipinski definition) is 1. The van der Waals surface area contributed by atoms with E-state index in [4.69, 9.17) is 14.6 Å². The first-order chi connectivity index (χ1) is 11.5. The number of likely N-dealkylation sites (tertiary alicyclic amines) is 1. The highest BCUT2D eigenvalue weighted by molar-refractivity contribution is 5.96. The van der Waals surface area contributed by atoms with Crippen LogP contribution >= 0.6 is 0 Å². The summed E-state index contributed by atoms with van der Waals surface area (Å²) in [4.78, 5) is 25.5. The van der Waals surface area contributed by atoms with Crippen molar-refractivity contribution in [2.24, 2.45) is 0 Å². The number of benzene rings is 1. The fraction of sp³-hybridized carbons (Fsp3) is 0.444. The summed E-state index contributed by atoms with van der Waals surface area (Å²) in [6.07, 6.45) is 3.77. The molecule has 1 fully saturated rings. The number of nitrogens with zero attached hydrogens (tertiary/aromatic N) is 1. The Balaban J connectivity index is 2.36. The highest BCUT2D eigenvalue weighted by atomic mass is 16.5. The van der Waals surface area contributed by atoms with Gasteiger partial charge in [0.15, 0.2) is 11.5 Å². The first-order valence-electron chi connectivity index (χ1n) is 7.90. The molecule has 1 aliphatic heterocycles. The van der Waals surface area contributed by atoms with Gasteiger partial charge in [-0.2, -0.15) is 0 Å². The Bertz CT molecular complexity index is 641. The van der Waals surface area contributed by atoms with Gasteiger partial charge in [0.05, 0.1) is 20.6 Å². The van der Waals surface area contributed by atoms with Crippen LogP contribution in [0.25, 0.3) is 0 Å². The average molecular weight is 333 g/mol. The molecule has 0 saturated carbocycles. The first-order valence-corrected chi connectivity index (χ1v) is 7.90. The number of ether oxygens (including phenoxy) is 2. The van der Waals surface area contributed by atoms with Gasteiger partial charge in [-0.1, -0.05) is 6.08 Å². The van der Waals surface area contributed by atoms with E-state index in [1.165, 1.54) is 7.11 Å². The quantitative estimate of drug-likeness (QED) is 0.776. The molecule has 0 aromatic heterocycles. The minimum atomic E-state index is -0.889. The molecule has 1 N–H and O–H groups in total. The Kier molecular flexibility index (Phi) is 5.84. The van der Waals surface area contributed by atoms with E-state index in [1.807, 2.05) is 0 Å². The third kappa shape index (κ3) is 3.69. The molecule has 24 heavy (non-hydrogen) atoms. The van der Waals surface area contributed by atoms with Crippen LogP contribution in [-0.2, 0) is 11.2 Å². The molecule has 1 saturated heterocycles. The van der Waals surface area contributed by atoms with Crippen molar-refractivity contribution < 1.29 is 24.2 Å². The molecule has 1 amide bonds. The lowest BCUT2D eigenvalue weighted by Crippen LogP contribution is -2.36. The zero-order valence-corrected chi connectivity index (χ0v) is 14.1. The summed E-state index contributed by atoms with van der Waals surface area (Å²) < 4.78 is 10.7. The summed E-state index contributed by atoms with van der Waals surface area (Å²) in [7, 11) is 3.07. The predicted octanol–water partition coefficient (Wildman–Crippen LogP) is 2.51. The van der Waals surface area contributed by atoms with E-state index in [-0.39, 0.29) is 18.4 Å². The maximum Gasteiger partial charge on any atom is 0.305 e. The van der Waals surface area contributed by atoms with Crippen molar-refractivity contribution in [2.45, 2.75) is 31.7 Å². The van der Waals surface area contributed by atoms with Crippen LogP contribution in [0.3, 0.4) is 0 Å². The second kappa shape index (κ2) is 7.86. The number of rotatable bonds is 7. The molecule has 1 aliphatic rings. The van der Waals surface area contributed by atoms with Crippen molar-refractivity contribution in [3.63, 3.8) is 0 Å². The highest BCUT2D eigenvalue weighted by Gasteiger charge is 2.31. The minimum Gasteiger partial charge on any atom is -0.493 e. The molecule has 1 heterocycles. The van der Waals surface area contributed by atoms with Crippen molar-refractivity contribution >= 4 is 11.9 Å². The molecule has 1 aromatic rings. The van der Waals surface area contributed by atoms with Gasteiger partial charge >= 0.3 is 5.97 Å². The van der Waals surface area contributed by atoms with E-state index in [0.717, 1.165) is 12.0 Å². The van der Waals surface area contributed by atoms with Crippen molar-refractivity contribution in [1.82, 2.24) is 4.90 Å². The van der Waals surface area contributed by atoms with Gasteiger partial charge in [-0.15, -0.1) is 6.58 Å². The van der Waals surface area contributed by atoms with Crippen LogP contribution in [0.4, 0.5) is 0 Å². The van der Waals surface area contributed by atoms with E-state index in [9.17, 15) is 9.59 Å². The number of methoxy groups -OCH3 is 2. The number of amides is 1. The van der Waals surface area contributed by atoms with Gasteiger partial charge in [0.1, 0.15) is 0 Å². The molecule has 0 bridgehead atoms. The highest BCUT2D eigenvalue weighted by Crippen LogP contribution is 2.34. The molecule has 2 rings (SSSR count). The standard InChI is InChI=1S/C18H23NO5/c1-4-6-12-9-13(10-15(23-2)17(12)24-3)18(22)19-8-5-7-14(19)11-16(20)21/h4,9-10,14H,1,5-8,11H2,2-3H3,(H,20,21). The summed E-state index contributed by atoms with van der Waals surface area (Å²) >= 11 is 0. The van der Waals surface area contributed by atoms with Gasteiger partial charge in [0.2, 0.25) is 0 Å². The molecule has 6 nitrogen and oxygen atoms in total. The monoisotopic (exact) mass is 333 g/mol. The lowest BCUT2D eigenvalue weighted by atomic mass is 10.0. The molecule has 0 radical (unpaired) electrons. The number of hydrogen-bond acceptors (Lipinski definition) is 4. The zero-order chi connectivity index (χ0) is 17.7. The molecular formula is C18H23NO5. The Morgan fingerprint density at radius 2 is 2.12 bits per heavy atom. The van der Waals surface area contributed by atoms with Crippen molar-refractivity contribution in [3.05, 3.63) is 35.9 Å². The van der Waals surface area contributed by atoms with E-state index >= 15 is 0 Å². The second-order valence-electron chi connectivity index (χ2n) is 5.76. The zero-order valence-electron chi connectivity index (χ0n) is 14.1. The lowest BCUT2D eigenvalue weighted by molar-refractivity contribution is -0.137. The molecule has 1 atom stereocenters. The Morgan fingerprint density at radius 3 is 2.71 bits per heavy atom. The summed E-state index contributed by atoms with van der Waals surface area (Å²) in [5.74, 6) is -0.00369. The Labute approximate surface area is 141 Å². The number of carboxylic acids is 1. The second-order valence-corrected chi connectivity index (χ2v) is 5.76. The van der Waals surface area contributed by atoms with Gasteiger partial charge in [-0.05, 0) is 31.4 Å². The van der Waals surface area contributed by atoms with E-state index in [2.05, 4.69) is 6.58 Å². The van der Waals surface area contributed by atoms with Gasteiger partial charge in [0.25, 0.3) is 5.91 Å². The molecule has 0 aliphatic carbocycles. The fourth-order valence-electron chi connectivity index (χ4n) is 3.16. The van der Waals surface area contributed by atoms with Crippen molar-refractivity contribution in [2.75, 3.05) is 20.8 Å². The molecular weight excluding hydrogens is 310 g/mol. The topological polar surface area (TPSA) is 76.1 Å². The average Bonchev–Trinajstić information content (AvgIpc) is 3.00. The smallest absolute Gasteiger partial charge is 0.305 e. The maximum atomic E-state index is 12.9. The van der Waals surface area contributed by atoms with Crippen molar-refractivity contribution in [3.8, 4) is 11.5 Å². The van der Waals surface area contributed by atoms with E-state index < -0.39 is 5.97 Å². The Morgan fingerprint density at radius 1 is 1.38 bits per heavy atom. The SMILES string of the molecule is C=CCc1cc(C(=O)N2CCCC2CC(=O)O)cc(OC)c1OC. The molecule has 1 unspecified atom stereocenters. The van der Waals surface area contributed by atoms with Crippen LogP contribution in [0.2, 0.25) is 0 Å². The maximum absolute atomic E-state index is 12.9. The third-order valence-corrected chi connectivity index (χ3v) is 4.22. The van der Waals surface area contributed by atoms with Crippen LogP contribution in [-0.4, -0.2) is 48.7 Å². The number of carbonyl (C=O) groups excluding carboxylic acids is 1. The van der Waals surface area contributed by atoms with Gasteiger partial charge in [-0.25, -0.2) is 0 Å². The Hall–Kier alpha value is -2.50. The van der Waals surface area contributed by atoms with E-state index in [0.29, 0.717) is 36.4 Å². The molecule has 6 heteroatoms. The number of carboxylic acid groups (broad SMARTS) is 1. The first kappa shape index (κ1) is 17.8. The largest absolute Gasteiger partial charge is 0.493 e. The van der Waals surface area contributed by atoms with E-state index in [1.54, 1.807) is 30.2 Å². The van der Waals surface area contributed by atoms with Gasteiger partial charge < -0.3 is 19.5 Å². The summed E-state index contributed by atoms with van der Waals surface area (Å²) in [6, 6.07) is 3.15. The van der Waals surface area contributed by atoms with Gasteiger partial charge in [0, 0.05) is 23.7 Å². The normalized spacial score (nSPS) is 16.8. The van der Waals surface area contributed by atoms with Crippen LogP contribution in [0, 0.1) is 0 Å².